The summed E-state index contributed by atoms with van der Waals surface area (Å²) in [7, 11) is 0. The SMILES string of the molecule is Cc1cccc2c1CN(C1CCC(C(=O)O)CC1)C2=O. The van der Waals surface area contributed by atoms with Gasteiger partial charge in [-0.25, -0.2) is 0 Å². The summed E-state index contributed by atoms with van der Waals surface area (Å²) in [5, 5.41) is 9.04. The second-order valence-electron chi connectivity index (χ2n) is 5.88. The van der Waals surface area contributed by atoms with Crippen LogP contribution in [0.4, 0.5) is 0 Å². The van der Waals surface area contributed by atoms with Crippen molar-refractivity contribution in [2.45, 2.75) is 45.2 Å². The molecule has 0 radical (unpaired) electrons. The summed E-state index contributed by atoms with van der Waals surface area (Å²) in [5.41, 5.74) is 3.13. The van der Waals surface area contributed by atoms with Crippen LogP contribution in [0.1, 0.15) is 47.2 Å². The number of aliphatic carboxylic acids is 1. The molecule has 1 aromatic rings. The number of amides is 1. The van der Waals surface area contributed by atoms with E-state index in [0.717, 1.165) is 29.5 Å². The van der Waals surface area contributed by atoms with Gasteiger partial charge in [0.15, 0.2) is 0 Å². The first-order chi connectivity index (χ1) is 9.58. The number of carbonyl (C=O) groups excluding carboxylic acids is 1. The van der Waals surface area contributed by atoms with Gasteiger partial charge in [0, 0.05) is 18.2 Å². The molecule has 0 spiro atoms. The van der Waals surface area contributed by atoms with E-state index in [2.05, 4.69) is 0 Å². The normalized spacial score (nSPS) is 25.6. The van der Waals surface area contributed by atoms with Crippen molar-refractivity contribution in [1.82, 2.24) is 4.90 Å². The fourth-order valence-corrected chi connectivity index (χ4v) is 3.44. The third kappa shape index (κ3) is 2.09. The maximum Gasteiger partial charge on any atom is 0.306 e. The topological polar surface area (TPSA) is 57.6 Å². The summed E-state index contributed by atoms with van der Waals surface area (Å²) in [6.07, 6.45) is 2.96. The fourth-order valence-electron chi connectivity index (χ4n) is 3.44. The van der Waals surface area contributed by atoms with Gasteiger partial charge in [-0.2, -0.15) is 0 Å². The van der Waals surface area contributed by atoms with Crippen LogP contribution < -0.4 is 0 Å². The zero-order valence-electron chi connectivity index (χ0n) is 11.6. The summed E-state index contributed by atoms with van der Waals surface area (Å²) in [6, 6.07) is 6.06. The molecule has 0 bridgehead atoms. The number of hydrogen-bond donors (Lipinski definition) is 1. The summed E-state index contributed by atoms with van der Waals surface area (Å²) < 4.78 is 0. The van der Waals surface area contributed by atoms with Crippen LogP contribution in [0.25, 0.3) is 0 Å². The number of benzene rings is 1. The molecular weight excluding hydrogens is 254 g/mol. The number of carbonyl (C=O) groups is 2. The summed E-state index contributed by atoms with van der Waals surface area (Å²) >= 11 is 0. The van der Waals surface area contributed by atoms with Gasteiger partial charge in [0.25, 0.3) is 5.91 Å². The average molecular weight is 273 g/mol. The number of aryl methyl sites for hydroxylation is 1. The molecule has 3 rings (SSSR count). The van der Waals surface area contributed by atoms with Crippen LogP contribution in [-0.2, 0) is 11.3 Å². The van der Waals surface area contributed by atoms with Crippen molar-refractivity contribution < 1.29 is 14.7 Å². The highest BCUT2D eigenvalue weighted by Gasteiger charge is 2.36. The van der Waals surface area contributed by atoms with Crippen molar-refractivity contribution >= 4 is 11.9 Å². The lowest BCUT2D eigenvalue weighted by molar-refractivity contribution is -0.143. The van der Waals surface area contributed by atoms with Crippen LogP contribution in [-0.4, -0.2) is 27.9 Å². The molecule has 1 fully saturated rings. The van der Waals surface area contributed by atoms with Gasteiger partial charge in [-0.05, 0) is 49.8 Å². The predicted octanol–water partition coefficient (Wildman–Crippen LogP) is 2.59. The number of nitrogens with zero attached hydrogens (tertiary/aromatic N) is 1. The Morgan fingerprint density at radius 2 is 1.95 bits per heavy atom. The number of carboxylic acids is 1. The molecule has 106 valence electrons. The third-order valence-electron chi connectivity index (χ3n) is 4.72. The molecule has 1 N–H and O–H groups in total. The fraction of sp³-hybridized carbons (Fsp3) is 0.500. The molecule has 0 unspecified atom stereocenters. The molecule has 1 heterocycles. The van der Waals surface area contributed by atoms with E-state index >= 15 is 0 Å². The molecule has 1 aliphatic heterocycles. The largest absolute Gasteiger partial charge is 0.481 e. The smallest absolute Gasteiger partial charge is 0.306 e. The van der Waals surface area contributed by atoms with Crippen LogP contribution in [0, 0.1) is 12.8 Å². The van der Waals surface area contributed by atoms with E-state index in [1.165, 1.54) is 0 Å². The number of carboxylic acid groups (broad SMARTS) is 1. The zero-order chi connectivity index (χ0) is 14.3. The standard InChI is InChI=1S/C16H19NO3/c1-10-3-2-4-13-14(10)9-17(15(13)18)12-7-5-11(6-8-12)16(19)20/h2-4,11-12H,5-9H2,1H3,(H,19,20). The Bertz CT molecular complexity index is 559. The van der Waals surface area contributed by atoms with E-state index in [4.69, 9.17) is 5.11 Å². The van der Waals surface area contributed by atoms with Gasteiger partial charge in [-0.15, -0.1) is 0 Å². The molecule has 0 saturated heterocycles. The number of fused-ring (bicyclic) bond motifs is 1. The van der Waals surface area contributed by atoms with Gasteiger partial charge in [-0.3, -0.25) is 9.59 Å². The van der Waals surface area contributed by atoms with Gasteiger partial charge in [-0.1, -0.05) is 12.1 Å². The minimum atomic E-state index is -0.699. The first-order valence-corrected chi connectivity index (χ1v) is 7.20. The minimum Gasteiger partial charge on any atom is -0.481 e. The Balaban J connectivity index is 1.74. The Hall–Kier alpha value is -1.84. The van der Waals surface area contributed by atoms with Crippen molar-refractivity contribution in [3.63, 3.8) is 0 Å². The molecule has 4 heteroatoms. The molecule has 1 amide bonds. The van der Waals surface area contributed by atoms with Crippen molar-refractivity contribution in [3.05, 3.63) is 34.9 Å². The van der Waals surface area contributed by atoms with Crippen LogP contribution in [0.15, 0.2) is 18.2 Å². The lowest BCUT2D eigenvalue weighted by Crippen LogP contribution is -2.39. The first-order valence-electron chi connectivity index (χ1n) is 7.20. The summed E-state index contributed by atoms with van der Waals surface area (Å²) in [4.78, 5) is 25.4. The van der Waals surface area contributed by atoms with Crippen LogP contribution in [0.2, 0.25) is 0 Å². The molecule has 1 aromatic carbocycles. The van der Waals surface area contributed by atoms with Crippen LogP contribution >= 0.6 is 0 Å². The van der Waals surface area contributed by atoms with Crippen molar-refractivity contribution in [3.8, 4) is 0 Å². The van der Waals surface area contributed by atoms with Gasteiger partial charge in [0.1, 0.15) is 0 Å². The van der Waals surface area contributed by atoms with Crippen molar-refractivity contribution in [2.24, 2.45) is 5.92 Å². The van der Waals surface area contributed by atoms with Crippen molar-refractivity contribution in [2.75, 3.05) is 0 Å². The van der Waals surface area contributed by atoms with E-state index in [9.17, 15) is 9.59 Å². The van der Waals surface area contributed by atoms with Crippen LogP contribution in [0.5, 0.6) is 0 Å². The monoisotopic (exact) mass is 273 g/mol. The molecule has 2 aliphatic rings. The van der Waals surface area contributed by atoms with Gasteiger partial charge >= 0.3 is 5.97 Å². The molecular formula is C16H19NO3. The zero-order valence-corrected chi connectivity index (χ0v) is 11.6. The lowest BCUT2D eigenvalue weighted by Gasteiger charge is -2.33. The predicted molar refractivity (Wildman–Crippen MR) is 74.4 cm³/mol. The van der Waals surface area contributed by atoms with Gasteiger partial charge < -0.3 is 10.0 Å². The number of hydrogen-bond acceptors (Lipinski definition) is 2. The highest BCUT2D eigenvalue weighted by Crippen LogP contribution is 2.34. The molecule has 0 atom stereocenters. The second-order valence-corrected chi connectivity index (χ2v) is 5.88. The van der Waals surface area contributed by atoms with E-state index in [-0.39, 0.29) is 17.9 Å². The Morgan fingerprint density at radius 1 is 1.25 bits per heavy atom. The molecule has 1 saturated carbocycles. The second kappa shape index (κ2) is 4.93. The van der Waals surface area contributed by atoms with E-state index in [0.29, 0.717) is 19.4 Å². The number of rotatable bonds is 2. The Morgan fingerprint density at radius 3 is 2.55 bits per heavy atom. The summed E-state index contributed by atoms with van der Waals surface area (Å²) in [6.45, 7) is 2.72. The third-order valence-corrected chi connectivity index (χ3v) is 4.72. The van der Waals surface area contributed by atoms with Gasteiger partial charge in [0.2, 0.25) is 0 Å². The van der Waals surface area contributed by atoms with Crippen molar-refractivity contribution in [1.29, 1.82) is 0 Å². The first kappa shape index (κ1) is 13.2. The maximum atomic E-state index is 12.5. The van der Waals surface area contributed by atoms with E-state index in [1.807, 2.05) is 30.0 Å². The maximum absolute atomic E-state index is 12.5. The Labute approximate surface area is 118 Å². The van der Waals surface area contributed by atoms with E-state index < -0.39 is 5.97 Å². The molecule has 4 nitrogen and oxygen atoms in total. The van der Waals surface area contributed by atoms with Gasteiger partial charge in [0.05, 0.1) is 5.92 Å². The highest BCUT2D eigenvalue weighted by molar-refractivity contribution is 5.98. The Kier molecular flexibility index (Phi) is 3.24. The molecule has 0 aromatic heterocycles. The molecule has 20 heavy (non-hydrogen) atoms. The van der Waals surface area contributed by atoms with Crippen LogP contribution in [0.3, 0.4) is 0 Å². The lowest BCUT2D eigenvalue weighted by atomic mass is 9.85. The van der Waals surface area contributed by atoms with E-state index in [1.54, 1.807) is 0 Å². The minimum absolute atomic E-state index is 0.113. The quantitative estimate of drug-likeness (QED) is 0.901. The average Bonchev–Trinajstić information content (AvgIpc) is 2.78. The molecule has 1 aliphatic carbocycles. The highest BCUT2D eigenvalue weighted by atomic mass is 16.4. The summed E-state index contributed by atoms with van der Waals surface area (Å²) in [5.74, 6) is -0.814.